The van der Waals surface area contributed by atoms with Crippen molar-refractivity contribution in [1.82, 2.24) is 4.98 Å². The lowest BCUT2D eigenvalue weighted by Crippen LogP contribution is -2.15. The molecule has 0 aliphatic heterocycles. The summed E-state index contributed by atoms with van der Waals surface area (Å²) in [7, 11) is 0. The van der Waals surface area contributed by atoms with Crippen molar-refractivity contribution in [1.29, 1.82) is 0 Å². The second-order valence-corrected chi connectivity index (χ2v) is 4.77. The van der Waals surface area contributed by atoms with Crippen LogP contribution in [0.25, 0.3) is 0 Å². The van der Waals surface area contributed by atoms with Gasteiger partial charge in [-0.2, -0.15) is 0 Å². The van der Waals surface area contributed by atoms with Gasteiger partial charge < -0.3 is 10.9 Å². The standard InChI is InChI=1S/C13H13N3OS/c1-9-7-8-11(12(14)16-17)13(15-9)18-10-5-3-2-4-6-10/h2-8,17H,1H3,(H2,14,16). The third kappa shape index (κ3) is 2.81. The topological polar surface area (TPSA) is 71.5 Å². The maximum absolute atomic E-state index is 8.77. The van der Waals surface area contributed by atoms with Gasteiger partial charge in [-0.1, -0.05) is 35.1 Å². The van der Waals surface area contributed by atoms with Crippen LogP contribution in [0, 0.1) is 6.92 Å². The fourth-order valence-electron chi connectivity index (χ4n) is 1.46. The zero-order valence-electron chi connectivity index (χ0n) is 9.87. The first kappa shape index (κ1) is 12.4. The number of benzene rings is 1. The molecule has 5 heteroatoms. The van der Waals surface area contributed by atoms with Gasteiger partial charge in [-0.15, -0.1) is 0 Å². The Hall–Kier alpha value is -2.01. The Labute approximate surface area is 110 Å². The van der Waals surface area contributed by atoms with Crippen molar-refractivity contribution >= 4 is 17.6 Å². The van der Waals surface area contributed by atoms with E-state index in [0.29, 0.717) is 5.56 Å². The van der Waals surface area contributed by atoms with Crippen LogP contribution in [-0.2, 0) is 0 Å². The van der Waals surface area contributed by atoms with E-state index in [1.165, 1.54) is 11.8 Å². The normalized spacial score (nSPS) is 11.5. The Morgan fingerprint density at radius 1 is 1.22 bits per heavy atom. The van der Waals surface area contributed by atoms with Gasteiger partial charge in [0.1, 0.15) is 5.03 Å². The van der Waals surface area contributed by atoms with Gasteiger partial charge >= 0.3 is 0 Å². The van der Waals surface area contributed by atoms with Gasteiger partial charge in [0.2, 0.25) is 0 Å². The average molecular weight is 259 g/mol. The summed E-state index contributed by atoms with van der Waals surface area (Å²) >= 11 is 1.49. The molecular weight excluding hydrogens is 246 g/mol. The van der Waals surface area contributed by atoms with Crippen molar-refractivity contribution in [3.63, 3.8) is 0 Å². The molecule has 1 aromatic carbocycles. The van der Waals surface area contributed by atoms with E-state index in [1.54, 1.807) is 0 Å². The molecule has 0 saturated carbocycles. The molecule has 0 unspecified atom stereocenters. The molecule has 0 atom stereocenters. The van der Waals surface area contributed by atoms with Gasteiger partial charge in [0.05, 0.1) is 5.56 Å². The van der Waals surface area contributed by atoms with Crippen molar-refractivity contribution in [2.75, 3.05) is 0 Å². The van der Waals surface area contributed by atoms with E-state index in [0.717, 1.165) is 15.6 Å². The van der Waals surface area contributed by atoms with Gasteiger partial charge in [0.25, 0.3) is 0 Å². The van der Waals surface area contributed by atoms with Crippen molar-refractivity contribution < 1.29 is 5.21 Å². The molecule has 18 heavy (non-hydrogen) atoms. The number of aromatic nitrogens is 1. The predicted molar refractivity (Wildman–Crippen MR) is 72.0 cm³/mol. The number of oxime groups is 1. The SMILES string of the molecule is Cc1ccc(C(N)=NO)c(Sc2ccccc2)n1. The number of rotatable bonds is 3. The third-order valence-electron chi connectivity index (χ3n) is 2.34. The lowest BCUT2D eigenvalue weighted by Gasteiger charge is -2.07. The second kappa shape index (κ2) is 5.55. The van der Waals surface area contributed by atoms with Crippen LogP contribution >= 0.6 is 11.8 Å². The second-order valence-electron chi connectivity index (χ2n) is 3.71. The van der Waals surface area contributed by atoms with E-state index in [-0.39, 0.29) is 5.84 Å². The smallest absolute Gasteiger partial charge is 0.172 e. The summed E-state index contributed by atoms with van der Waals surface area (Å²) in [5, 5.41) is 12.5. The molecule has 0 fully saturated rings. The fraction of sp³-hybridized carbons (Fsp3) is 0.0769. The lowest BCUT2D eigenvalue weighted by molar-refractivity contribution is 0.318. The summed E-state index contributed by atoms with van der Waals surface area (Å²) in [4.78, 5) is 5.49. The first-order chi connectivity index (χ1) is 8.70. The summed E-state index contributed by atoms with van der Waals surface area (Å²) in [6, 6.07) is 13.5. The lowest BCUT2D eigenvalue weighted by atomic mass is 10.2. The molecule has 2 rings (SSSR count). The van der Waals surface area contributed by atoms with E-state index >= 15 is 0 Å². The zero-order valence-corrected chi connectivity index (χ0v) is 10.7. The van der Waals surface area contributed by atoms with Gasteiger partial charge in [-0.3, -0.25) is 0 Å². The highest BCUT2D eigenvalue weighted by Gasteiger charge is 2.10. The van der Waals surface area contributed by atoms with Crippen LogP contribution in [0.15, 0.2) is 57.5 Å². The summed E-state index contributed by atoms with van der Waals surface area (Å²) in [5.74, 6) is 0.0703. The Balaban J connectivity index is 2.40. The molecule has 0 saturated heterocycles. The van der Waals surface area contributed by atoms with Gasteiger partial charge in [0.15, 0.2) is 5.84 Å². The van der Waals surface area contributed by atoms with Crippen LogP contribution in [0.3, 0.4) is 0 Å². The number of nitrogens with two attached hydrogens (primary N) is 1. The molecule has 0 radical (unpaired) electrons. The van der Waals surface area contributed by atoms with Crippen LogP contribution in [0.5, 0.6) is 0 Å². The van der Waals surface area contributed by atoms with Crippen molar-refractivity contribution in [2.24, 2.45) is 10.9 Å². The third-order valence-corrected chi connectivity index (χ3v) is 3.35. The van der Waals surface area contributed by atoms with Crippen molar-refractivity contribution in [3.8, 4) is 0 Å². The number of nitrogens with zero attached hydrogens (tertiary/aromatic N) is 2. The van der Waals surface area contributed by atoms with Crippen LogP contribution in [0.2, 0.25) is 0 Å². The Bertz CT molecular complexity index is 570. The van der Waals surface area contributed by atoms with Crippen LogP contribution in [0.1, 0.15) is 11.3 Å². The van der Waals surface area contributed by atoms with E-state index in [2.05, 4.69) is 10.1 Å². The predicted octanol–water partition coefficient (Wildman–Crippen LogP) is 2.64. The highest BCUT2D eigenvalue weighted by molar-refractivity contribution is 7.99. The first-order valence-corrected chi connectivity index (χ1v) is 6.21. The molecule has 1 heterocycles. The molecule has 0 amide bonds. The molecule has 4 nitrogen and oxygen atoms in total. The summed E-state index contributed by atoms with van der Waals surface area (Å²) < 4.78 is 0. The number of amidine groups is 1. The van der Waals surface area contributed by atoms with Crippen LogP contribution in [0.4, 0.5) is 0 Å². The minimum Gasteiger partial charge on any atom is -0.409 e. The van der Waals surface area contributed by atoms with Gasteiger partial charge in [-0.05, 0) is 31.2 Å². The molecule has 2 aromatic rings. The van der Waals surface area contributed by atoms with Crippen molar-refractivity contribution in [2.45, 2.75) is 16.8 Å². The first-order valence-electron chi connectivity index (χ1n) is 5.39. The largest absolute Gasteiger partial charge is 0.409 e. The minimum atomic E-state index is 0.0703. The van der Waals surface area contributed by atoms with Crippen LogP contribution < -0.4 is 5.73 Å². The zero-order chi connectivity index (χ0) is 13.0. The molecule has 0 aliphatic carbocycles. The molecule has 0 spiro atoms. The van der Waals surface area contributed by atoms with Gasteiger partial charge in [-0.25, -0.2) is 4.98 Å². The maximum Gasteiger partial charge on any atom is 0.172 e. The van der Waals surface area contributed by atoms with E-state index < -0.39 is 0 Å². The maximum atomic E-state index is 8.77. The summed E-state index contributed by atoms with van der Waals surface area (Å²) in [6.07, 6.45) is 0. The summed E-state index contributed by atoms with van der Waals surface area (Å²) in [6.45, 7) is 1.91. The molecule has 1 aromatic heterocycles. The number of hydrogen-bond acceptors (Lipinski definition) is 4. The number of hydrogen-bond donors (Lipinski definition) is 2. The Morgan fingerprint density at radius 3 is 2.61 bits per heavy atom. The quantitative estimate of drug-likeness (QED) is 0.385. The number of pyridine rings is 1. The van der Waals surface area contributed by atoms with Gasteiger partial charge in [0, 0.05) is 10.6 Å². The van der Waals surface area contributed by atoms with Crippen molar-refractivity contribution in [3.05, 3.63) is 53.7 Å². The highest BCUT2D eigenvalue weighted by atomic mass is 32.2. The molecule has 0 bridgehead atoms. The molecular formula is C13H13N3OS. The Morgan fingerprint density at radius 2 is 1.94 bits per heavy atom. The summed E-state index contributed by atoms with van der Waals surface area (Å²) in [5.41, 5.74) is 7.17. The van der Waals surface area contributed by atoms with E-state index in [9.17, 15) is 0 Å². The number of aryl methyl sites for hydroxylation is 1. The monoisotopic (exact) mass is 259 g/mol. The molecule has 92 valence electrons. The van der Waals surface area contributed by atoms with E-state index in [1.807, 2.05) is 49.4 Å². The average Bonchev–Trinajstić information content (AvgIpc) is 2.39. The van der Waals surface area contributed by atoms with E-state index in [4.69, 9.17) is 10.9 Å². The Kier molecular flexibility index (Phi) is 3.84. The highest BCUT2D eigenvalue weighted by Crippen LogP contribution is 2.28. The molecule has 3 N–H and O–H groups in total. The van der Waals surface area contributed by atoms with Crippen LogP contribution in [-0.4, -0.2) is 16.0 Å². The molecule has 0 aliphatic rings. The minimum absolute atomic E-state index is 0.0703. The fourth-order valence-corrected chi connectivity index (χ4v) is 2.45.